The normalized spacial score (nSPS) is 16.4. The number of nitrogens with zero attached hydrogens (tertiary/aromatic N) is 3. The lowest BCUT2D eigenvalue weighted by atomic mass is 9.91. The van der Waals surface area contributed by atoms with Gasteiger partial charge in [-0.3, -0.25) is 9.48 Å². The Kier molecular flexibility index (Phi) is 5.46. The zero-order chi connectivity index (χ0) is 20.9. The van der Waals surface area contributed by atoms with Gasteiger partial charge in [0.15, 0.2) is 5.15 Å². The number of aliphatic hydroxyl groups excluding tert-OH is 1. The molecule has 1 aliphatic heterocycles. The molecule has 1 aliphatic rings. The van der Waals surface area contributed by atoms with E-state index in [-0.39, 0.29) is 18.9 Å². The molecule has 0 aliphatic carbocycles. The zero-order valence-electron chi connectivity index (χ0n) is 15.6. The van der Waals surface area contributed by atoms with Crippen LogP contribution in [-0.4, -0.2) is 38.3 Å². The first-order valence-corrected chi connectivity index (χ1v) is 10.6. The van der Waals surface area contributed by atoms with Crippen LogP contribution in [0.2, 0.25) is 10.2 Å². The smallest absolute Gasteiger partial charge is 0.231 e. The molecule has 0 radical (unpaired) electrons. The predicted octanol–water partition coefficient (Wildman–Crippen LogP) is 4.60. The zero-order valence-corrected chi connectivity index (χ0v) is 18.7. The third-order valence-corrected chi connectivity index (χ3v) is 6.72. The topological polar surface area (TPSA) is 58.4 Å². The third kappa shape index (κ3) is 3.38. The van der Waals surface area contributed by atoms with E-state index in [1.54, 1.807) is 22.7 Å². The highest BCUT2D eigenvalue weighted by atomic mass is 79.9. The number of amides is 1. The van der Waals surface area contributed by atoms with Crippen LogP contribution in [0.5, 0.6) is 0 Å². The molecule has 29 heavy (non-hydrogen) atoms. The van der Waals surface area contributed by atoms with Gasteiger partial charge < -0.3 is 10.0 Å². The number of benzene rings is 2. The first-order valence-electron chi connectivity index (χ1n) is 9.02. The largest absolute Gasteiger partial charge is 0.394 e. The van der Waals surface area contributed by atoms with Crippen LogP contribution in [0.1, 0.15) is 16.7 Å². The molecule has 0 unspecified atom stereocenters. The summed E-state index contributed by atoms with van der Waals surface area (Å²) in [6.45, 7) is 3.97. The number of hydrogen-bond acceptors (Lipinski definition) is 3. The van der Waals surface area contributed by atoms with Crippen LogP contribution in [0.3, 0.4) is 0 Å². The van der Waals surface area contributed by atoms with Gasteiger partial charge in [0.2, 0.25) is 5.91 Å². The van der Waals surface area contributed by atoms with Gasteiger partial charge in [-0.15, -0.1) is 0 Å². The third-order valence-electron chi connectivity index (χ3n) is 5.36. The minimum atomic E-state index is -0.399. The Morgan fingerprint density at radius 1 is 1.34 bits per heavy atom. The van der Waals surface area contributed by atoms with Crippen molar-refractivity contribution in [3.05, 3.63) is 68.2 Å². The molecule has 1 amide bonds. The van der Waals surface area contributed by atoms with Crippen molar-refractivity contribution in [2.45, 2.75) is 18.9 Å². The lowest BCUT2D eigenvalue weighted by molar-refractivity contribution is -0.129. The van der Waals surface area contributed by atoms with E-state index in [9.17, 15) is 9.90 Å². The van der Waals surface area contributed by atoms with Crippen molar-refractivity contribution in [2.75, 3.05) is 6.61 Å². The molecule has 1 atom stereocenters. The van der Waals surface area contributed by atoms with Crippen molar-refractivity contribution in [3.8, 4) is 0 Å². The molecule has 1 N–H and O–H groups in total. The fourth-order valence-corrected chi connectivity index (χ4v) is 5.05. The van der Waals surface area contributed by atoms with Crippen LogP contribution < -0.4 is 0 Å². The Labute approximate surface area is 186 Å². The van der Waals surface area contributed by atoms with Gasteiger partial charge in [0, 0.05) is 33.2 Å². The number of carbonyl (C=O) groups is 1. The quantitative estimate of drug-likeness (QED) is 0.578. The summed E-state index contributed by atoms with van der Waals surface area (Å²) in [5.41, 5.74) is 3.92. The van der Waals surface area contributed by atoms with Gasteiger partial charge in [-0.1, -0.05) is 57.8 Å². The molecule has 0 spiro atoms. The highest BCUT2D eigenvalue weighted by Crippen LogP contribution is 2.37. The first kappa shape index (κ1) is 20.4. The van der Waals surface area contributed by atoms with E-state index in [0.29, 0.717) is 33.2 Å². The van der Waals surface area contributed by atoms with E-state index < -0.39 is 6.04 Å². The molecule has 0 fully saturated rings. The SMILES string of the molecule is C=C1c2cccc(Br)c2C[C@H](CO)N1C(=O)Cc1c(Cl)ccc2c1c(Cl)nn2C. The second-order valence-electron chi connectivity index (χ2n) is 7.03. The van der Waals surface area contributed by atoms with E-state index in [2.05, 4.69) is 27.6 Å². The van der Waals surface area contributed by atoms with E-state index >= 15 is 0 Å². The first-order chi connectivity index (χ1) is 13.8. The molecule has 0 bridgehead atoms. The Hall–Kier alpha value is -1.86. The lowest BCUT2D eigenvalue weighted by Crippen LogP contribution is -2.46. The van der Waals surface area contributed by atoms with Crippen molar-refractivity contribution in [3.63, 3.8) is 0 Å². The van der Waals surface area contributed by atoms with Crippen molar-refractivity contribution >= 4 is 61.6 Å². The predicted molar refractivity (Wildman–Crippen MR) is 119 cm³/mol. The minimum Gasteiger partial charge on any atom is -0.394 e. The van der Waals surface area contributed by atoms with Crippen LogP contribution in [0.4, 0.5) is 0 Å². The molecule has 1 aromatic heterocycles. The van der Waals surface area contributed by atoms with Crippen molar-refractivity contribution < 1.29 is 9.90 Å². The van der Waals surface area contributed by atoms with Gasteiger partial charge in [-0.25, -0.2) is 0 Å². The average Bonchev–Trinajstić information content (AvgIpc) is 2.98. The minimum absolute atomic E-state index is 0.0282. The van der Waals surface area contributed by atoms with Crippen LogP contribution in [0.15, 0.2) is 41.4 Å². The number of fused-ring (bicyclic) bond motifs is 2. The highest BCUT2D eigenvalue weighted by molar-refractivity contribution is 9.10. The van der Waals surface area contributed by atoms with Gasteiger partial charge in [0.25, 0.3) is 0 Å². The van der Waals surface area contributed by atoms with Gasteiger partial charge in [-0.05, 0) is 35.7 Å². The van der Waals surface area contributed by atoms with Crippen LogP contribution >= 0.6 is 39.1 Å². The molecule has 8 heteroatoms. The number of rotatable bonds is 3. The van der Waals surface area contributed by atoms with Gasteiger partial charge in [0.05, 0.1) is 24.6 Å². The number of carbonyl (C=O) groups excluding carboxylic acids is 1. The molecule has 0 saturated heterocycles. The number of aliphatic hydroxyl groups is 1. The second-order valence-corrected chi connectivity index (χ2v) is 8.65. The van der Waals surface area contributed by atoms with E-state index in [0.717, 1.165) is 21.1 Å². The van der Waals surface area contributed by atoms with Crippen molar-refractivity contribution in [2.24, 2.45) is 7.05 Å². The molecule has 2 aromatic carbocycles. The van der Waals surface area contributed by atoms with E-state index in [1.165, 1.54) is 0 Å². The Morgan fingerprint density at radius 3 is 2.83 bits per heavy atom. The molecule has 0 saturated carbocycles. The summed E-state index contributed by atoms with van der Waals surface area (Å²) in [6, 6.07) is 8.96. The maximum absolute atomic E-state index is 13.4. The van der Waals surface area contributed by atoms with Crippen LogP contribution in [-0.2, 0) is 24.7 Å². The van der Waals surface area contributed by atoms with Crippen LogP contribution in [0, 0.1) is 0 Å². The molecule has 4 rings (SSSR count). The summed E-state index contributed by atoms with van der Waals surface area (Å²) >= 11 is 16.3. The average molecular weight is 495 g/mol. The fraction of sp³-hybridized carbons (Fsp3) is 0.238. The van der Waals surface area contributed by atoms with Gasteiger partial charge in [-0.2, -0.15) is 5.10 Å². The standard InChI is InChI=1S/C21H18BrCl2N3O2/c1-11-13-4-3-5-16(22)14(13)8-12(10-28)27(11)19(29)9-15-17(23)6-7-18-20(15)21(24)25-26(18)2/h3-7,12,28H,1,8-10H2,2H3/t12-/m1/s1. The number of aromatic nitrogens is 2. The molecule has 5 nitrogen and oxygen atoms in total. The molecular formula is C21H18BrCl2N3O2. The molecule has 150 valence electrons. The van der Waals surface area contributed by atoms with Crippen molar-refractivity contribution in [1.29, 1.82) is 0 Å². The Bertz CT molecular complexity index is 1160. The summed E-state index contributed by atoms with van der Waals surface area (Å²) in [4.78, 5) is 14.9. The van der Waals surface area contributed by atoms with Gasteiger partial charge >= 0.3 is 0 Å². The monoisotopic (exact) mass is 493 g/mol. The fourth-order valence-electron chi connectivity index (χ4n) is 3.97. The summed E-state index contributed by atoms with van der Waals surface area (Å²) in [7, 11) is 1.79. The van der Waals surface area contributed by atoms with Crippen molar-refractivity contribution in [1.82, 2.24) is 14.7 Å². The second kappa shape index (κ2) is 7.76. The summed E-state index contributed by atoms with van der Waals surface area (Å²) in [6.07, 6.45) is 0.560. The number of halogens is 3. The maximum atomic E-state index is 13.4. The highest BCUT2D eigenvalue weighted by Gasteiger charge is 2.34. The summed E-state index contributed by atoms with van der Waals surface area (Å²) in [5.74, 6) is -0.200. The summed E-state index contributed by atoms with van der Waals surface area (Å²) < 4.78 is 2.60. The summed E-state index contributed by atoms with van der Waals surface area (Å²) in [5, 5.41) is 15.6. The Morgan fingerprint density at radius 2 is 2.10 bits per heavy atom. The molecule has 3 aromatic rings. The van der Waals surface area contributed by atoms with E-state index in [4.69, 9.17) is 23.2 Å². The lowest BCUT2D eigenvalue weighted by Gasteiger charge is -2.38. The number of hydrogen-bond donors (Lipinski definition) is 1. The molecule has 2 heterocycles. The maximum Gasteiger partial charge on any atom is 0.231 e. The van der Waals surface area contributed by atoms with Crippen LogP contribution in [0.25, 0.3) is 16.6 Å². The molecular weight excluding hydrogens is 477 g/mol. The van der Waals surface area contributed by atoms with Gasteiger partial charge in [0.1, 0.15) is 0 Å². The van der Waals surface area contributed by atoms with E-state index in [1.807, 2.05) is 24.3 Å². The number of aryl methyl sites for hydroxylation is 1. The Balaban J connectivity index is 1.75.